The zero-order chi connectivity index (χ0) is 17.7. The highest BCUT2D eigenvalue weighted by molar-refractivity contribution is 7.91. The van der Waals surface area contributed by atoms with Crippen LogP contribution in [-0.2, 0) is 25.9 Å². The smallest absolute Gasteiger partial charge is 0.151 e. The van der Waals surface area contributed by atoms with E-state index in [1.54, 1.807) is 6.92 Å². The van der Waals surface area contributed by atoms with Crippen LogP contribution in [0.4, 0.5) is 0 Å². The van der Waals surface area contributed by atoms with Crippen LogP contribution in [0.5, 0.6) is 0 Å². The molecule has 1 unspecified atom stereocenters. The number of sulfone groups is 1. The van der Waals surface area contributed by atoms with Crippen molar-refractivity contribution < 1.29 is 17.9 Å². The second kappa shape index (κ2) is 8.62. The first-order valence-electron chi connectivity index (χ1n) is 9.18. The molecule has 3 rings (SSSR count). The second-order valence-corrected chi connectivity index (χ2v) is 9.46. The van der Waals surface area contributed by atoms with Crippen LogP contribution in [0.1, 0.15) is 31.5 Å². The van der Waals surface area contributed by atoms with E-state index in [2.05, 4.69) is 10.00 Å². The molecule has 1 aromatic heterocycles. The van der Waals surface area contributed by atoms with Gasteiger partial charge in [0.2, 0.25) is 0 Å². The lowest BCUT2D eigenvalue weighted by Gasteiger charge is -2.34. The number of fused-ring (bicyclic) bond motifs is 1. The summed E-state index contributed by atoms with van der Waals surface area (Å²) < 4.78 is 37.0. The van der Waals surface area contributed by atoms with Gasteiger partial charge >= 0.3 is 0 Å². The summed E-state index contributed by atoms with van der Waals surface area (Å²) in [5.74, 6) is 1.00. The average molecular weight is 372 g/mol. The van der Waals surface area contributed by atoms with Crippen molar-refractivity contribution in [2.75, 3.05) is 51.0 Å². The molecule has 0 aliphatic carbocycles. The number of aromatic nitrogens is 2. The molecule has 0 saturated carbocycles. The van der Waals surface area contributed by atoms with Crippen molar-refractivity contribution in [3.63, 3.8) is 0 Å². The van der Waals surface area contributed by atoms with Gasteiger partial charge in [-0.05, 0) is 24.8 Å². The summed E-state index contributed by atoms with van der Waals surface area (Å²) in [5.41, 5.74) is 1.12. The summed E-state index contributed by atoms with van der Waals surface area (Å²) in [4.78, 5) is 2.20. The molecule has 1 saturated heterocycles. The Morgan fingerprint density at radius 3 is 2.88 bits per heavy atom. The van der Waals surface area contributed by atoms with Crippen LogP contribution in [0.2, 0.25) is 0 Å². The fourth-order valence-electron chi connectivity index (χ4n) is 3.45. The molecule has 2 aliphatic heterocycles. The van der Waals surface area contributed by atoms with Crippen molar-refractivity contribution >= 4 is 9.84 Å². The van der Waals surface area contributed by atoms with E-state index >= 15 is 0 Å². The number of ether oxygens (including phenoxy) is 2. The van der Waals surface area contributed by atoms with E-state index in [1.165, 1.54) is 0 Å². The maximum Gasteiger partial charge on any atom is 0.151 e. The highest BCUT2D eigenvalue weighted by Gasteiger charge is 2.27. The fourth-order valence-corrected chi connectivity index (χ4v) is 4.28. The molecular formula is C17H29N3O4S. The quantitative estimate of drug-likeness (QED) is 0.682. The molecule has 0 aromatic carbocycles. The minimum Gasteiger partial charge on any atom is -0.381 e. The maximum absolute atomic E-state index is 11.8. The summed E-state index contributed by atoms with van der Waals surface area (Å²) >= 11 is 0. The molecule has 0 bridgehead atoms. The molecule has 1 aromatic rings. The fraction of sp³-hybridized carbons (Fsp3) is 0.824. The number of rotatable bonds is 8. The lowest BCUT2D eigenvalue weighted by molar-refractivity contribution is 0.00428. The van der Waals surface area contributed by atoms with E-state index in [9.17, 15) is 8.42 Å². The molecular weight excluding hydrogens is 342 g/mol. The second-order valence-electron chi connectivity index (χ2n) is 6.99. The van der Waals surface area contributed by atoms with E-state index in [0.717, 1.165) is 51.4 Å². The van der Waals surface area contributed by atoms with Crippen LogP contribution in [0.15, 0.2) is 12.3 Å². The summed E-state index contributed by atoms with van der Waals surface area (Å²) in [7, 11) is -2.94. The van der Waals surface area contributed by atoms with E-state index in [0.29, 0.717) is 19.1 Å². The largest absolute Gasteiger partial charge is 0.381 e. The molecule has 1 fully saturated rings. The number of hydrogen-bond donors (Lipinski definition) is 0. The highest BCUT2D eigenvalue weighted by atomic mass is 32.2. The topological polar surface area (TPSA) is 73.7 Å². The van der Waals surface area contributed by atoms with E-state index in [4.69, 9.17) is 9.47 Å². The van der Waals surface area contributed by atoms with Gasteiger partial charge in [-0.3, -0.25) is 9.58 Å². The van der Waals surface area contributed by atoms with Crippen molar-refractivity contribution in [3.8, 4) is 0 Å². The van der Waals surface area contributed by atoms with Crippen LogP contribution in [-0.4, -0.2) is 74.1 Å². The summed E-state index contributed by atoms with van der Waals surface area (Å²) in [6.07, 6.45) is 3.95. The van der Waals surface area contributed by atoms with E-state index in [-0.39, 0.29) is 17.5 Å². The Morgan fingerprint density at radius 2 is 2.12 bits per heavy atom. The first-order chi connectivity index (χ1) is 12.1. The highest BCUT2D eigenvalue weighted by Crippen LogP contribution is 2.22. The van der Waals surface area contributed by atoms with Gasteiger partial charge in [0.25, 0.3) is 0 Å². The molecule has 0 radical (unpaired) electrons. The lowest BCUT2D eigenvalue weighted by Crippen LogP contribution is -2.41. The zero-order valence-corrected chi connectivity index (χ0v) is 15.8. The zero-order valence-electron chi connectivity index (χ0n) is 15.0. The van der Waals surface area contributed by atoms with Gasteiger partial charge in [0, 0.05) is 51.4 Å². The third kappa shape index (κ3) is 5.26. The summed E-state index contributed by atoms with van der Waals surface area (Å²) in [6.45, 7) is 6.84. The average Bonchev–Trinajstić information content (AvgIpc) is 3.10. The van der Waals surface area contributed by atoms with Crippen LogP contribution in [0, 0.1) is 5.92 Å². The molecule has 25 heavy (non-hydrogen) atoms. The predicted octanol–water partition coefficient (Wildman–Crippen LogP) is 1.12. The van der Waals surface area contributed by atoms with Gasteiger partial charge in [-0.25, -0.2) is 8.42 Å². The van der Waals surface area contributed by atoms with Crippen molar-refractivity contribution in [1.29, 1.82) is 0 Å². The van der Waals surface area contributed by atoms with Crippen molar-refractivity contribution in [2.24, 2.45) is 5.92 Å². The van der Waals surface area contributed by atoms with Gasteiger partial charge in [-0.15, -0.1) is 0 Å². The van der Waals surface area contributed by atoms with Crippen molar-refractivity contribution in [2.45, 2.75) is 32.4 Å². The Morgan fingerprint density at radius 1 is 1.32 bits per heavy atom. The Bertz CT molecular complexity index is 640. The van der Waals surface area contributed by atoms with Crippen LogP contribution < -0.4 is 0 Å². The molecule has 142 valence electrons. The minimum absolute atomic E-state index is 0.142. The molecule has 2 aliphatic rings. The maximum atomic E-state index is 11.8. The van der Waals surface area contributed by atoms with Gasteiger partial charge in [0.15, 0.2) is 9.84 Å². The SMILES string of the molecule is CCS(=O)(=O)CCN1Cc2ccnn2C(COCC2CCOCC2)C1. The third-order valence-electron chi connectivity index (χ3n) is 5.12. The number of hydrogen-bond acceptors (Lipinski definition) is 6. The Balaban J connectivity index is 1.53. The van der Waals surface area contributed by atoms with Gasteiger partial charge in [-0.2, -0.15) is 5.10 Å². The Hall–Kier alpha value is -0.960. The summed E-state index contributed by atoms with van der Waals surface area (Å²) in [5, 5.41) is 4.43. The molecule has 0 amide bonds. The summed E-state index contributed by atoms with van der Waals surface area (Å²) in [6, 6.07) is 2.15. The van der Waals surface area contributed by atoms with E-state index < -0.39 is 9.84 Å². The number of nitrogens with zero attached hydrogens (tertiary/aromatic N) is 3. The minimum atomic E-state index is -2.94. The molecule has 7 nitrogen and oxygen atoms in total. The monoisotopic (exact) mass is 371 g/mol. The predicted molar refractivity (Wildman–Crippen MR) is 95.2 cm³/mol. The molecule has 3 heterocycles. The molecule has 0 spiro atoms. The molecule has 8 heteroatoms. The first-order valence-corrected chi connectivity index (χ1v) is 11.0. The van der Waals surface area contributed by atoms with Crippen LogP contribution in [0.25, 0.3) is 0 Å². The lowest BCUT2D eigenvalue weighted by atomic mass is 10.0. The van der Waals surface area contributed by atoms with Gasteiger partial charge in [-0.1, -0.05) is 6.92 Å². The van der Waals surface area contributed by atoms with Crippen molar-refractivity contribution in [1.82, 2.24) is 14.7 Å². The van der Waals surface area contributed by atoms with Gasteiger partial charge < -0.3 is 9.47 Å². The standard InChI is InChI=1S/C17H29N3O4S/c1-2-25(21,22)10-7-19-11-16-3-6-18-20(16)17(12-19)14-24-13-15-4-8-23-9-5-15/h3,6,15,17H,2,4-5,7-14H2,1H3. The normalized spacial score (nSPS) is 22.8. The third-order valence-corrected chi connectivity index (χ3v) is 6.80. The van der Waals surface area contributed by atoms with Crippen molar-refractivity contribution in [3.05, 3.63) is 18.0 Å². The molecule has 1 atom stereocenters. The Labute approximate surface area is 150 Å². The van der Waals surface area contributed by atoms with Gasteiger partial charge in [0.05, 0.1) is 24.1 Å². The van der Waals surface area contributed by atoms with Crippen LogP contribution in [0.3, 0.4) is 0 Å². The van der Waals surface area contributed by atoms with Crippen LogP contribution >= 0.6 is 0 Å². The Kier molecular flexibility index (Phi) is 6.49. The van der Waals surface area contributed by atoms with Gasteiger partial charge in [0.1, 0.15) is 0 Å². The first kappa shape index (κ1) is 18.8. The molecule has 0 N–H and O–H groups in total. The van der Waals surface area contributed by atoms with E-state index in [1.807, 2.05) is 16.9 Å².